The summed E-state index contributed by atoms with van der Waals surface area (Å²) in [7, 11) is -4.25. The molecule has 0 radical (unpaired) electrons. The molecule has 3 rings (SSSR count). The average Bonchev–Trinajstić information content (AvgIpc) is 3.01. The summed E-state index contributed by atoms with van der Waals surface area (Å²) in [5.41, 5.74) is -1.93. The van der Waals surface area contributed by atoms with Crippen molar-refractivity contribution in [1.29, 1.82) is 0 Å². The lowest BCUT2D eigenvalue weighted by Gasteiger charge is -2.37. The molecule has 13 nitrogen and oxygen atoms in total. The standard InChI is InChI=1S/C22H32N3O10P/c1-13(2)33-19(28)14(3)24-36(31,35-15-8-6-5-7-9-15)32-12-16-18(27)22(4,30)20(34-16)25-11-10-17(26)23-21(25)29/h5-9,13-14,16,18,20,27,30H,10-12H2,1-4H3,(H,24,31)(H,23,26,29)/t14-,16+,18+,20+,22-,36-/m0/s1. The topological polar surface area (TPSA) is 173 Å². The van der Waals surface area contributed by atoms with E-state index in [1.807, 2.05) is 0 Å². The first kappa shape index (κ1) is 28.0. The van der Waals surface area contributed by atoms with E-state index in [4.69, 9.17) is 18.5 Å². The summed E-state index contributed by atoms with van der Waals surface area (Å²) < 4.78 is 35.5. The van der Waals surface area contributed by atoms with Crippen LogP contribution in [0.4, 0.5) is 4.79 Å². The largest absolute Gasteiger partial charge is 0.462 e. The van der Waals surface area contributed by atoms with Crippen molar-refractivity contribution >= 4 is 25.7 Å². The number of hydrogen-bond acceptors (Lipinski definition) is 10. The zero-order valence-electron chi connectivity index (χ0n) is 20.4. The summed E-state index contributed by atoms with van der Waals surface area (Å²) in [5, 5.41) is 26.2. The van der Waals surface area contributed by atoms with Gasteiger partial charge in [0, 0.05) is 13.0 Å². The molecule has 4 N–H and O–H groups in total. The Labute approximate surface area is 208 Å². The fourth-order valence-electron chi connectivity index (χ4n) is 3.73. The number of aliphatic hydroxyl groups is 2. The van der Waals surface area contributed by atoms with Crippen LogP contribution >= 0.6 is 7.75 Å². The lowest BCUT2D eigenvalue weighted by Crippen LogP contribution is -2.60. The molecule has 2 heterocycles. The van der Waals surface area contributed by atoms with Crippen molar-refractivity contribution in [2.45, 2.75) is 70.3 Å². The number of amides is 3. The monoisotopic (exact) mass is 529 g/mol. The number of para-hydroxylation sites is 1. The number of imide groups is 1. The van der Waals surface area contributed by atoms with E-state index in [0.717, 1.165) is 4.90 Å². The smallest absolute Gasteiger partial charge is 0.459 e. The highest BCUT2D eigenvalue weighted by atomic mass is 31.2. The van der Waals surface area contributed by atoms with E-state index >= 15 is 0 Å². The van der Waals surface area contributed by atoms with Crippen LogP contribution in [0.2, 0.25) is 0 Å². The van der Waals surface area contributed by atoms with Crippen molar-refractivity contribution < 1.29 is 47.7 Å². The Balaban J connectivity index is 1.74. The van der Waals surface area contributed by atoms with Gasteiger partial charge in [-0.15, -0.1) is 0 Å². The molecular formula is C22H32N3O10P. The van der Waals surface area contributed by atoms with Gasteiger partial charge in [0.2, 0.25) is 5.91 Å². The molecule has 0 spiro atoms. The number of esters is 1. The van der Waals surface area contributed by atoms with E-state index in [9.17, 15) is 29.2 Å². The second-order valence-corrected chi connectivity index (χ2v) is 10.7. The summed E-state index contributed by atoms with van der Waals surface area (Å²) >= 11 is 0. The second kappa shape index (κ2) is 11.2. The molecule has 1 aromatic carbocycles. The molecule has 3 amide bonds. The number of hydrogen-bond donors (Lipinski definition) is 4. The Morgan fingerprint density at radius 2 is 1.97 bits per heavy atom. The Bertz CT molecular complexity index is 1010. The predicted octanol–water partition coefficient (Wildman–Crippen LogP) is 0.899. The Morgan fingerprint density at radius 3 is 2.58 bits per heavy atom. The van der Waals surface area contributed by atoms with Crippen molar-refractivity contribution in [3.05, 3.63) is 30.3 Å². The molecule has 2 saturated heterocycles. The first-order valence-electron chi connectivity index (χ1n) is 11.5. The molecule has 2 fully saturated rings. The maximum Gasteiger partial charge on any atom is 0.459 e. The van der Waals surface area contributed by atoms with Crippen molar-refractivity contribution in [3.63, 3.8) is 0 Å². The molecule has 2 aliphatic rings. The van der Waals surface area contributed by atoms with Crippen LogP contribution in [0.25, 0.3) is 0 Å². The minimum Gasteiger partial charge on any atom is -0.462 e. The maximum absolute atomic E-state index is 13.6. The molecule has 0 bridgehead atoms. The van der Waals surface area contributed by atoms with E-state index in [0.29, 0.717) is 0 Å². The number of carbonyl (C=O) groups is 3. The fraction of sp³-hybridized carbons (Fsp3) is 0.591. The SMILES string of the molecule is CC(C)OC(=O)[C@H](C)N[P@](=O)(OC[C@H]1O[C@@H](N2CCC(=O)NC2=O)[C@@](C)(O)[C@@H]1O)Oc1ccccc1. The maximum atomic E-state index is 13.6. The van der Waals surface area contributed by atoms with Crippen LogP contribution in [-0.2, 0) is 28.2 Å². The van der Waals surface area contributed by atoms with Crippen LogP contribution in [0.15, 0.2) is 30.3 Å². The minimum atomic E-state index is -4.25. The van der Waals surface area contributed by atoms with Crippen LogP contribution < -0.4 is 14.9 Å². The number of aliphatic hydroxyl groups excluding tert-OH is 1. The van der Waals surface area contributed by atoms with Gasteiger partial charge in [0.05, 0.1) is 12.7 Å². The molecule has 0 aromatic heterocycles. The first-order chi connectivity index (χ1) is 16.8. The third-order valence-electron chi connectivity index (χ3n) is 5.56. The molecule has 36 heavy (non-hydrogen) atoms. The van der Waals surface area contributed by atoms with Gasteiger partial charge >= 0.3 is 19.7 Å². The normalized spacial score (nSPS) is 29.0. The molecule has 200 valence electrons. The van der Waals surface area contributed by atoms with E-state index < -0.39 is 68.4 Å². The fourth-order valence-corrected chi connectivity index (χ4v) is 5.23. The number of carbonyl (C=O) groups excluding carboxylic acids is 3. The summed E-state index contributed by atoms with van der Waals surface area (Å²) in [6.07, 6.45) is -4.51. The van der Waals surface area contributed by atoms with E-state index in [2.05, 4.69) is 10.4 Å². The quantitative estimate of drug-likeness (QED) is 0.250. The van der Waals surface area contributed by atoms with Gasteiger partial charge in [-0.25, -0.2) is 9.36 Å². The van der Waals surface area contributed by atoms with Crippen LogP contribution in [0.1, 0.15) is 34.1 Å². The van der Waals surface area contributed by atoms with E-state index in [1.165, 1.54) is 26.0 Å². The Hall–Kier alpha value is -2.54. The number of benzene rings is 1. The lowest BCUT2D eigenvalue weighted by atomic mass is 9.96. The Morgan fingerprint density at radius 1 is 1.31 bits per heavy atom. The number of nitrogens with one attached hydrogen (secondary N) is 2. The average molecular weight is 529 g/mol. The Kier molecular flexibility index (Phi) is 8.75. The number of nitrogens with zero attached hydrogens (tertiary/aromatic N) is 1. The zero-order valence-corrected chi connectivity index (χ0v) is 21.3. The van der Waals surface area contributed by atoms with Gasteiger partial charge in [0.15, 0.2) is 6.23 Å². The van der Waals surface area contributed by atoms with Gasteiger partial charge < -0.3 is 24.2 Å². The number of ether oxygens (including phenoxy) is 2. The van der Waals surface area contributed by atoms with Gasteiger partial charge in [-0.05, 0) is 39.8 Å². The van der Waals surface area contributed by atoms with Gasteiger partial charge in [0.1, 0.15) is 29.6 Å². The van der Waals surface area contributed by atoms with Crippen LogP contribution in [0.5, 0.6) is 5.75 Å². The number of urea groups is 1. The molecule has 6 atom stereocenters. The summed E-state index contributed by atoms with van der Waals surface area (Å²) in [6, 6.07) is 6.24. The third kappa shape index (κ3) is 6.61. The molecule has 14 heteroatoms. The van der Waals surface area contributed by atoms with Crippen molar-refractivity contribution in [3.8, 4) is 5.75 Å². The molecule has 2 aliphatic heterocycles. The van der Waals surface area contributed by atoms with Crippen LogP contribution in [0, 0.1) is 0 Å². The molecule has 0 aliphatic carbocycles. The molecule has 0 unspecified atom stereocenters. The van der Waals surface area contributed by atoms with Gasteiger partial charge in [-0.3, -0.25) is 24.3 Å². The van der Waals surface area contributed by atoms with Gasteiger partial charge in [-0.2, -0.15) is 5.09 Å². The van der Waals surface area contributed by atoms with Gasteiger partial charge in [0.25, 0.3) is 0 Å². The van der Waals surface area contributed by atoms with Gasteiger partial charge in [-0.1, -0.05) is 18.2 Å². The van der Waals surface area contributed by atoms with Crippen molar-refractivity contribution in [2.75, 3.05) is 13.2 Å². The molecular weight excluding hydrogens is 497 g/mol. The zero-order chi connectivity index (χ0) is 26.7. The first-order valence-corrected chi connectivity index (χ1v) is 13.0. The third-order valence-corrected chi connectivity index (χ3v) is 7.20. The predicted molar refractivity (Wildman–Crippen MR) is 125 cm³/mol. The van der Waals surface area contributed by atoms with Crippen molar-refractivity contribution in [2.24, 2.45) is 0 Å². The highest BCUT2D eigenvalue weighted by Crippen LogP contribution is 2.46. The minimum absolute atomic E-state index is 0.00660. The van der Waals surface area contributed by atoms with Crippen LogP contribution in [0.3, 0.4) is 0 Å². The van der Waals surface area contributed by atoms with E-state index in [1.54, 1.807) is 32.0 Å². The number of rotatable bonds is 10. The highest BCUT2D eigenvalue weighted by molar-refractivity contribution is 7.52. The highest BCUT2D eigenvalue weighted by Gasteiger charge is 2.56. The van der Waals surface area contributed by atoms with Crippen molar-refractivity contribution in [1.82, 2.24) is 15.3 Å². The summed E-state index contributed by atoms with van der Waals surface area (Å²) in [5.74, 6) is -0.967. The van der Waals surface area contributed by atoms with Crippen LogP contribution in [-0.4, -0.2) is 82.4 Å². The lowest BCUT2D eigenvalue weighted by molar-refractivity contribution is -0.149. The van der Waals surface area contributed by atoms with E-state index in [-0.39, 0.29) is 18.7 Å². The molecule has 0 saturated carbocycles. The molecule has 1 aromatic rings. The second-order valence-electron chi connectivity index (χ2n) is 9.03. The summed E-state index contributed by atoms with van der Waals surface area (Å²) in [4.78, 5) is 37.1. The summed E-state index contributed by atoms with van der Waals surface area (Å²) in [6.45, 7) is 5.47.